The average molecular weight is 286 g/mol. The summed E-state index contributed by atoms with van der Waals surface area (Å²) in [6.45, 7) is 3.52. The number of carbonyl (C=O) groups excluding carboxylic acids is 1. The Labute approximate surface area is 123 Å². The summed E-state index contributed by atoms with van der Waals surface area (Å²) in [7, 11) is 0. The molecule has 1 aliphatic heterocycles. The zero-order chi connectivity index (χ0) is 14.1. The van der Waals surface area contributed by atoms with Gasteiger partial charge in [-0.1, -0.05) is 12.1 Å². The number of anilines is 1. The maximum absolute atomic E-state index is 12.6. The molecule has 0 aliphatic carbocycles. The van der Waals surface area contributed by atoms with Crippen LogP contribution in [0.1, 0.15) is 28.8 Å². The number of hydrogen-bond acceptors (Lipinski definition) is 3. The van der Waals surface area contributed by atoms with Crippen LogP contribution in [0.25, 0.3) is 0 Å². The Morgan fingerprint density at radius 2 is 2.25 bits per heavy atom. The lowest BCUT2D eigenvalue weighted by Gasteiger charge is -2.29. The third kappa shape index (κ3) is 2.43. The van der Waals surface area contributed by atoms with Crippen molar-refractivity contribution in [2.75, 3.05) is 12.3 Å². The molecule has 1 atom stereocenters. The molecular formula is C16H18N2OS. The van der Waals surface area contributed by atoms with E-state index in [1.807, 2.05) is 36.1 Å². The Bertz CT molecular complexity index is 635. The minimum atomic E-state index is -0.140. The molecule has 0 fully saturated rings. The van der Waals surface area contributed by atoms with Gasteiger partial charge in [-0.2, -0.15) is 0 Å². The van der Waals surface area contributed by atoms with Gasteiger partial charge >= 0.3 is 0 Å². The Hall–Kier alpha value is -1.81. The summed E-state index contributed by atoms with van der Waals surface area (Å²) in [6.07, 6.45) is 0.975. The van der Waals surface area contributed by atoms with Gasteiger partial charge in [0.25, 0.3) is 0 Å². The first-order valence-corrected chi connectivity index (χ1v) is 7.72. The minimum absolute atomic E-state index is 0.140. The molecule has 0 saturated heterocycles. The summed E-state index contributed by atoms with van der Waals surface area (Å²) in [5.74, 6) is 0.0473. The molecule has 0 spiro atoms. The van der Waals surface area contributed by atoms with Gasteiger partial charge in [0.2, 0.25) is 5.91 Å². The summed E-state index contributed by atoms with van der Waals surface area (Å²) in [4.78, 5) is 16.0. The lowest BCUT2D eigenvalue weighted by atomic mass is 9.98. The first-order valence-electron chi connectivity index (χ1n) is 6.84. The van der Waals surface area contributed by atoms with E-state index in [1.54, 1.807) is 11.3 Å². The number of rotatable bonds is 2. The number of nitrogen functional groups attached to an aromatic ring is 1. The van der Waals surface area contributed by atoms with Crippen molar-refractivity contribution in [3.05, 3.63) is 51.7 Å². The molecular weight excluding hydrogens is 268 g/mol. The highest BCUT2D eigenvalue weighted by Crippen LogP contribution is 2.27. The highest BCUT2D eigenvalue weighted by Gasteiger charge is 2.26. The van der Waals surface area contributed by atoms with Gasteiger partial charge in [0, 0.05) is 23.7 Å². The molecule has 2 aromatic rings. The quantitative estimate of drug-likeness (QED) is 0.863. The van der Waals surface area contributed by atoms with Gasteiger partial charge in [-0.15, -0.1) is 11.3 Å². The fourth-order valence-electron chi connectivity index (χ4n) is 2.68. The zero-order valence-corrected chi connectivity index (χ0v) is 12.3. The van der Waals surface area contributed by atoms with Gasteiger partial charge in [-0.25, -0.2) is 0 Å². The molecule has 1 amide bonds. The molecule has 1 aromatic carbocycles. The summed E-state index contributed by atoms with van der Waals surface area (Å²) in [6, 6.07) is 9.74. The van der Waals surface area contributed by atoms with E-state index in [1.165, 1.54) is 10.4 Å². The molecule has 0 saturated carbocycles. The lowest BCUT2D eigenvalue weighted by molar-refractivity contribution is -0.133. The summed E-state index contributed by atoms with van der Waals surface area (Å²) < 4.78 is 0. The van der Waals surface area contributed by atoms with Crippen LogP contribution < -0.4 is 5.73 Å². The Morgan fingerprint density at radius 3 is 3.05 bits per heavy atom. The van der Waals surface area contributed by atoms with Crippen LogP contribution in [-0.2, 0) is 17.8 Å². The second kappa shape index (κ2) is 5.29. The molecule has 0 bridgehead atoms. The predicted molar refractivity (Wildman–Crippen MR) is 82.7 cm³/mol. The molecule has 0 radical (unpaired) electrons. The fourth-order valence-corrected chi connectivity index (χ4v) is 3.57. The first kappa shape index (κ1) is 13.2. The minimum Gasteiger partial charge on any atom is -0.399 e. The number of nitrogens with two attached hydrogens (primary N) is 1. The van der Waals surface area contributed by atoms with Crippen LogP contribution in [-0.4, -0.2) is 17.4 Å². The van der Waals surface area contributed by atoms with Gasteiger partial charge in [-0.05, 0) is 48.1 Å². The van der Waals surface area contributed by atoms with E-state index < -0.39 is 0 Å². The SMILES string of the molecule is CC(C(=O)N1CCc2sccc2C1)c1cccc(N)c1. The number of hydrogen-bond donors (Lipinski definition) is 1. The van der Waals surface area contributed by atoms with Crippen LogP contribution >= 0.6 is 11.3 Å². The molecule has 1 unspecified atom stereocenters. The molecule has 3 rings (SSSR count). The monoisotopic (exact) mass is 286 g/mol. The van der Waals surface area contributed by atoms with Gasteiger partial charge in [0.1, 0.15) is 0 Å². The predicted octanol–water partition coefficient (Wildman–Crippen LogP) is 3.02. The molecule has 20 heavy (non-hydrogen) atoms. The van der Waals surface area contributed by atoms with Crippen molar-refractivity contribution in [3.63, 3.8) is 0 Å². The summed E-state index contributed by atoms with van der Waals surface area (Å²) >= 11 is 1.79. The second-order valence-electron chi connectivity index (χ2n) is 5.27. The first-order chi connectivity index (χ1) is 9.65. The largest absolute Gasteiger partial charge is 0.399 e. The van der Waals surface area contributed by atoms with Gasteiger partial charge in [0.15, 0.2) is 0 Å². The molecule has 104 valence electrons. The molecule has 3 nitrogen and oxygen atoms in total. The normalized spacial score (nSPS) is 15.8. The maximum atomic E-state index is 12.6. The van der Waals surface area contributed by atoms with Gasteiger partial charge in [0.05, 0.1) is 5.92 Å². The van der Waals surface area contributed by atoms with Crippen molar-refractivity contribution < 1.29 is 4.79 Å². The molecule has 2 heterocycles. The van der Waals surface area contributed by atoms with Crippen molar-refractivity contribution in [1.82, 2.24) is 4.90 Å². The van der Waals surface area contributed by atoms with Crippen molar-refractivity contribution in [2.45, 2.75) is 25.8 Å². The van der Waals surface area contributed by atoms with E-state index in [2.05, 4.69) is 11.4 Å². The third-order valence-electron chi connectivity index (χ3n) is 3.90. The van der Waals surface area contributed by atoms with E-state index in [0.717, 1.165) is 25.1 Å². The molecule has 1 aliphatic rings. The van der Waals surface area contributed by atoms with E-state index in [4.69, 9.17) is 5.73 Å². The van der Waals surface area contributed by atoms with Crippen LogP contribution in [0.3, 0.4) is 0 Å². The number of fused-ring (bicyclic) bond motifs is 1. The fraction of sp³-hybridized carbons (Fsp3) is 0.312. The van der Waals surface area contributed by atoms with Crippen LogP contribution in [0.2, 0.25) is 0 Å². The number of nitrogens with zero attached hydrogens (tertiary/aromatic N) is 1. The highest BCUT2D eigenvalue weighted by molar-refractivity contribution is 7.10. The van der Waals surface area contributed by atoms with Crippen molar-refractivity contribution in [3.8, 4) is 0 Å². The standard InChI is InChI=1S/C16H18N2OS/c1-11(12-3-2-4-14(17)9-12)16(19)18-7-5-15-13(10-18)6-8-20-15/h2-4,6,8-9,11H,5,7,10,17H2,1H3. The Kier molecular flexibility index (Phi) is 3.49. The summed E-state index contributed by atoms with van der Waals surface area (Å²) in [5, 5.41) is 2.11. The van der Waals surface area contributed by atoms with Crippen LogP contribution in [0, 0.1) is 0 Å². The van der Waals surface area contributed by atoms with Gasteiger partial charge < -0.3 is 10.6 Å². The van der Waals surface area contributed by atoms with Crippen LogP contribution in [0.4, 0.5) is 5.69 Å². The van der Waals surface area contributed by atoms with E-state index >= 15 is 0 Å². The number of thiophene rings is 1. The van der Waals surface area contributed by atoms with Crippen LogP contribution in [0.15, 0.2) is 35.7 Å². The lowest BCUT2D eigenvalue weighted by Crippen LogP contribution is -2.37. The van der Waals surface area contributed by atoms with E-state index in [-0.39, 0.29) is 11.8 Å². The highest BCUT2D eigenvalue weighted by atomic mass is 32.1. The van der Waals surface area contributed by atoms with Gasteiger partial charge in [-0.3, -0.25) is 4.79 Å². The van der Waals surface area contributed by atoms with Crippen molar-refractivity contribution in [1.29, 1.82) is 0 Å². The second-order valence-corrected chi connectivity index (χ2v) is 6.27. The molecule has 4 heteroatoms. The maximum Gasteiger partial charge on any atom is 0.230 e. The molecule has 1 aromatic heterocycles. The average Bonchev–Trinajstić information content (AvgIpc) is 2.93. The Morgan fingerprint density at radius 1 is 1.40 bits per heavy atom. The van der Waals surface area contributed by atoms with E-state index in [0.29, 0.717) is 5.69 Å². The topological polar surface area (TPSA) is 46.3 Å². The Balaban J connectivity index is 1.76. The zero-order valence-electron chi connectivity index (χ0n) is 11.5. The number of carbonyl (C=O) groups is 1. The number of amides is 1. The van der Waals surface area contributed by atoms with Crippen LogP contribution in [0.5, 0.6) is 0 Å². The third-order valence-corrected chi connectivity index (χ3v) is 4.92. The van der Waals surface area contributed by atoms with E-state index in [9.17, 15) is 4.79 Å². The van der Waals surface area contributed by atoms with Crippen molar-refractivity contribution in [2.24, 2.45) is 0 Å². The van der Waals surface area contributed by atoms with Crippen molar-refractivity contribution >= 4 is 22.9 Å². The summed E-state index contributed by atoms with van der Waals surface area (Å²) in [5.41, 5.74) is 8.80. The number of benzene rings is 1. The molecule has 2 N–H and O–H groups in total. The smallest absolute Gasteiger partial charge is 0.230 e.